The summed E-state index contributed by atoms with van der Waals surface area (Å²) in [5.41, 5.74) is 1.37. The molecule has 90 valence electrons. The van der Waals surface area contributed by atoms with Crippen LogP contribution in [0.15, 0.2) is 24.3 Å². The zero-order valence-electron chi connectivity index (χ0n) is 10.3. The van der Waals surface area contributed by atoms with Crippen molar-refractivity contribution in [2.24, 2.45) is 0 Å². The molecule has 1 unspecified atom stereocenters. The maximum absolute atomic E-state index is 5.88. The monoisotopic (exact) mass is 239 g/mol. The van der Waals surface area contributed by atoms with Crippen LogP contribution in [-0.2, 0) is 6.42 Å². The minimum absolute atomic E-state index is 0.603. The van der Waals surface area contributed by atoms with Crippen LogP contribution in [0.5, 0.6) is 0 Å². The summed E-state index contributed by atoms with van der Waals surface area (Å²) in [4.78, 5) is 0. The molecule has 1 aromatic carbocycles. The molecule has 0 heterocycles. The molecule has 0 spiro atoms. The Hall–Kier alpha value is -0.530. The van der Waals surface area contributed by atoms with Crippen molar-refractivity contribution < 1.29 is 0 Å². The second-order valence-electron chi connectivity index (χ2n) is 4.23. The van der Waals surface area contributed by atoms with Crippen molar-refractivity contribution in [3.63, 3.8) is 0 Å². The van der Waals surface area contributed by atoms with Crippen LogP contribution in [0, 0.1) is 0 Å². The lowest BCUT2D eigenvalue weighted by molar-refractivity contribution is 0.473. The number of benzene rings is 1. The van der Waals surface area contributed by atoms with Crippen molar-refractivity contribution >= 4 is 11.6 Å². The first-order valence-corrected chi connectivity index (χ1v) is 6.61. The zero-order chi connectivity index (χ0) is 11.8. The lowest BCUT2D eigenvalue weighted by Gasteiger charge is -2.17. The average Bonchev–Trinajstić information content (AvgIpc) is 2.29. The number of hydrogen-bond donors (Lipinski definition) is 1. The Labute approximate surface area is 104 Å². The predicted molar refractivity (Wildman–Crippen MR) is 72.1 cm³/mol. The van der Waals surface area contributed by atoms with Gasteiger partial charge in [-0.2, -0.15) is 0 Å². The van der Waals surface area contributed by atoms with E-state index in [-0.39, 0.29) is 0 Å². The van der Waals surface area contributed by atoms with E-state index in [1.54, 1.807) is 0 Å². The van der Waals surface area contributed by atoms with Gasteiger partial charge >= 0.3 is 0 Å². The fraction of sp³-hybridized carbons (Fsp3) is 0.571. The van der Waals surface area contributed by atoms with Gasteiger partial charge < -0.3 is 5.32 Å². The van der Waals surface area contributed by atoms with E-state index >= 15 is 0 Å². The van der Waals surface area contributed by atoms with Crippen molar-refractivity contribution in [3.05, 3.63) is 34.9 Å². The van der Waals surface area contributed by atoms with E-state index in [1.165, 1.54) is 24.8 Å². The molecule has 1 rings (SSSR count). The van der Waals surface area contributed by atoms with Crippen molar-refractivity contribution in [1.29, 1.82) is 0 Å². The van der Waals surface area contributed by atoms with Gasteiger partial charge in [0.1, 0.15) is 0 Å². The molecule has 1 aromatic rings. The largest absolute Gasteiger partial charge is 0.314 e. The summed E-state index contributed by atoms with van der Waals surface area (Å²) in [5.74, 6) is 0. The van der Waals surface area contributed by atoms with Crippen molar-refractivity contribution in [2.75, 3.05) is 6.54 Å². The third-order valence-corrected chi connectivity index (χ3v) is 3.05. The molecule has 1 nitrogen and oxygen atoms in total. The Morgan fingerprint density at radius 3 is 2.44 bits per heavy atom. The fourth-order valence-corrected chi connectivity index (χ4v) is 2.05. The molecular formula is C14H22ClN. The maximum atomic E-state index is 5.88. The topological polar surface area (TPSA) is 12.0 Å². The summed E-state index contributed by atoms with van der Waals surface area (Å²) in [6.45, 7) is 5.45. The molecule has 0 radical (unpaired) electrons. The van der Waals surface area contributed by atoms with Crippen LogP contribution in [0.2, 0.25) is 5.02 Å². The summed E-state index contributed by atoms with van der Waals surface area (Å²) in [6.07, 6.45) is 4.92. The lowest BCUT2D eigenvalue weighted by Crippen LogP contribution is -2.30. The van der Waals surface area contributed by atoms with Gasteiger partial charge in [0.25, 0.3) is 0 Å². The molecule has 0 aliphatic rings. The van der Waals surface area contributed by atoms with Crippen molar-refractivity contribution in [1.82, 2.24) is 5.32 Å². The Bertz CT molecular complexity index is 281. The van der Waals surface area contributed by atoms with Crippen LogP contribution < -0.4 is 5.32 Å². The SMILES string of the molecule is CCCCC(Cc1ccc(Cl)cc1)NCC. The molecule has 2 heteroatoms. The first kappa shape index (κ1) is 13.5. The minimum Gasteiger partial charge on any atom is -0.314 e. The van der Waals surface area contributed by atoms with Gasteiger partial charge in [-0.05, 0) is 37.1 Å². The van der Waals surface area contributed by atoms with Gasteiger partial charge in [0.2, 0.25) is 0 Å². The number of halogens is 1. The highest BCUT2D eigenvalue weighted by Gasteiger charge is 2.07. The van der Waals surface area contributed by atoms with E-state index in [0.29, 0.717) is 6.04 Å². The summed E-state index contributed by atoms with van der Waals surface area (Å²) >= 11 is 5.88. The van der Waals surface area contributed by atoms with Gasteiger partial charge in [0.05, 0.1) is 0 Å². The number of hydrogen-bond acceptors (Lipinski definition) is 1. The van der Waals surface area contributed by atoms with Gasteiger partial charge in [0.15, 0.2) is 0 Å². The molecule has 0 bridgehead atoms. The summed E-state index contributed by atoms with van der Waals surface area (Å²) in [5, 5.41) is 4.36. The molecule has 0 aromatic heterocycles. The molecule has 0 fully saturated rings. The third kappa shape index (κ3) is 5.00. The molecule has 1 atom stereocenters. The Morgan fingerprint density at radius 2 is 1.88 bits per heavy atom. The number of rotatable bonds is 7. The normalized spacial score (nSPS) is 12.7. The zero-order valence-corrected chi connectivity index (χ0v) is 11.1. The first-order valence-electron chi connectivity index (χ1n) is 6.24. The first-order chi connectivity index (χ1) is 7.76. The van der Waals surface area contributed by atoms with E-state index in [9.17, 15) is 0 Å². The molecule has 0 saturated heterocycles. The smallest absolute Gasteiger partial charge is 0.0406 e. The fourth-order valence-electron chi connectivity index (χ4n) is 1.92. The minimum atomic E-state index is 0.603. The van der Waals surface area contributed by atoms with Crippen LogP contribution in [0.1, 0.15) is 38.7 Å². The van der Waals surface area contributed by atoms with Crippen LogP contribution in [0.25, 0.3) is 0 Å². The quantitative estimate of drug-likeness (QED) is 0.757. The van der Waals surface area contributed by atoms with E-state index in [1.807, 2.05) is 12.1 Å². The summed E-state index contributed by atoms with van der Waals surface area (Å²) in [7, 11) is 0. The molecule has 0 aliphatic carbocycles. The molecule has 1 N–H and O–H groups in total. The maximum Gasteiger partial charge on any atom is 0.0406 e. The Kier molecular flexibility index (Phi) is 6.51. The van der Waals surface area contributed by atoms with Crippen LogP contribution in [0.3, 0.4) is 0 Å². The molecule has 0 amide bonds. The average molecular weight is 240 g/mol. The van der Waals surface area contributed by atoms with Crippen LogP contribution in [-0.4, -0.2) is 12.6 Å². The van der Waals surface area contributed by atoms with Gasteiger partial charge in [-0.25, -0.2) is 0 Å². The highest BCUT2D eigenvalue weighted by Crippen LogP contribution is 2.13. The van der Waals surface area contributed by atoms with Crippen LogP contribution in [0.4, 0.5) is 0 Å². The molecule has 0 saturated carbocycles. The predicted octanol–water partition coefficient (Wildman–Crippen LogP) is 4.05. The highest BCUT2D eigenvalue weighted by molar-refractivity contribution is 6.30. The van der Waals surface area contributed by atoms with E-state index in [0.717, 1.165) is 18.0 Å². The highest BCUT2D eigenvalue weighted by atomic mass is 35.5. The second kappa shape index (κ2) is 7.70. The summed E-state index contributed by atoms with van der Waals surface area (Å²) < 4.78 is 0. The van der Waals surface area contributed by atoms with Gasteiger partial charge in [0, 0.05) is 11.1 Å². The Morgan fingerprint density at radius 1 is 1.19 bits per heavy atom. The second-order valence-corrected chi connectivity index (χ2v) is 4.66. The van der Waals surface area contributed by atoms with Gasteiger partial charge in [-0.15, -0.1) is 0 Å². The third-order valence-electron chi connectivity index (χ3n) is 2.79. The van der Waals surface area contributed by atoms with E-state index in [4.69, 9.17) is 11.6 Å². The van der Waals surface area contributed by atoms with E-state index < -0.39 is 0 Å². The van der Waals surface area contributed by atoms with Crippen molar-refractivity contribution in [3.8, 4) is 0 Å². The van der Waals surface area contributed by atoms with Crippen molar-refractivity contribution in [2.45, 2.75) is 45.6 Å². The van der Waals surface area contributed by atoms with E-state index in [2.05, 4.69) is 31.3 Å². The number of nitrogens with one attached hydrogen (secondary N) is 1. The number of unbranched alkanes of at least 4 members (excludes halogenated alkanes) is 1. The lowest BCUT2D eigenvalue weighted by atomic mass is 10.0. The Balaban J connectivity index is 2.49. The molecule has 0 aliphatic heterocycles. The van der Waals surface area contributed by atoms with Gasteiger partial charge in [-0.1, -0.05) is 50.4 Å². The standard InChI is InChI=1S/C14H22ClN/c1-3-5-6-14(16-4-2)11-12-7-9-13(15)10-8-12/h7-10,14,16H,3-6,11H2,1-2H3. The van der Waals surface area contributed by atoms with Gasteiger partial charge in [-0.3, -0.25) is 0 Å². The molecule has 16 heavy (non-hydrogen) atoms. The molecular weight excluding hydrogens is 218 g/mol. The summed E-state index contributed by atoms with van der Waals surface area (Å²) in [6, 6.07) is 8.79. The van der Waals surface area contributed by atoms with Crippen LogP contribution >= 0.6 is 11.6 Å². The number of likely N-dealkylation sites (N-methyl/N-ethyl adjacent to an activating group) is 1.